The molecule has 4 aromatic rings. The van der Waals surface area contributed by atoms with Crippen molar-refractivity contribution in [1.29, 1.82) is 0 Å². The number of halogens is 1. The first kappa shape index (κ1) is 21.0. The van der Waals surface area contributed by atoms with Crippen molar-refractivity contribution < 1.29 is 24.1 Å². The van der Waals surface area contributed by atoms with Crippen molar-refractivity contribution in [1.82, 2.24) is 14.5 Å². The second kappa shape index (κ2) is 8.25. The van der Waals surface area contributed by atoms with Crippen molar-refractivity contribution in [2.45, 2.75) is 25.4 Å². The van der Waals surface area contributed by atoms with Crippen molar-refractivity contribution >= 4 is 27.8 Å². The van der Waals surface area contributed by atoms with Gasteiger partial charge in [0.05, 0.1) is 17.3 Å². The molecule has 1 aliphatic heterocycles. The van der Waals surface area contributed by atoms with E-state index in [1.807, 2.05) is 0 Å². The molecule has 0 saturated carbocycles. The van der Waals surface area contributed by atoms with Crippen molar-refractivity contribution in [2.24, 2.45) is 5.73 Å². The highest BCUT2D eigenvalue weighted by molar-refractivity contribution is 6.12. The number of hydrogen-bond acceptors (Lipinski definition) is 6. The zero-order valence-corrected chi connectivity index (χ0v) is 17.7. The molecule has 0 bridgehead atoms. The highest BCUT2D eigenvalue weighted by Gasteiger charge is 2.27. The largest absolute Gasteiger partial charge is 0.505 e. The summed E-state index contributed by atoms with van der Waals surface area (Å²) in [4.78, 5) is 18.8. The number of piperidine rings is 1. The van der Waals surface area contributed by atoms with Gasteiger partial charge in [0.2, 0.25) is 5.88 Å². The number of pyridine rings is 1. The average molecular weight is 450 g/mol. The molecule has 0 atom stereocenters. The molecule has 3 heterocycles. The van der Waals surface area contributed by atoms with Crippen LogP contribution in [-0.4, -0.2) is 49.9 Å². The van der Waals surface area contributed by atoms with Crippen LogP contribution in [0.4, 0.5) is 9.18 Å². The minimum absolute atomic E-state index is 0.0666. The zero-order valence-electron chi connectivity index (χ0n) is 17.7. The van der Waals surface area contributed by atoms with Crippen LogP contribution in [0, 0.1) is 5.82 Å². The molecule has 8 nitrogen and oxygen atoms in total. The van der Waals surface area contributed by atoms with Gasteiger partial charge in [0.1, 0.15) is 11.3 Å². The van der Waals surface area contributed by atoms with E-state index in [0.29, 0.717) is 36.7 Å². The molecule has 0 spiro atoms. The van der Waals surface area contributed by atoms with E-state index in [4.69, 9.17) is 10.5 Å². The maximum atomic E-state index is 13.3. The molecule has 2 aromatic heterocycles. The van der Waals surface area contributed by atoms with Crippen LogP contribution < -0.4 is 10.5 Å². The molecular formula is C24H23FN4O4. The summed E-state index contributed by atoms with van der Waals surface area (Å²) in [6.07, 6.45) is 3.98. The molecule has 1 aliphatic rings. The first-order chi connectivity index (χ1) is 15.9. The highest BCUT2D eigenvalue weighted by Crippen LogP contribution is 2.46. The molecule has 1 fully saturated rings. The second-order valence-corrected chi connectivity index (χ2v) is 8.27. The highest BCUT2D eigenvalue weighted by atomic mass is 19.1. The summed E-state index contributed by atoms with van der Waals surface area (Å²) in [5, 5.41) is 22.8. The Morgan fingerprint density at radius 1 is 1.15 bits per heavy atom. The minimum Gasteiger partial charge on any atom is -0.505 e. The predicted molar refractivity (Wildman–Crippen MR) is 121 cm³/mol. The number of hydrogen-bond donors (Lipinski definition) is 3. The molecule has 0 aliphatic carbocycles. The summed E-state index contributed by atoms with van der Waals surface area (Å²) < 4.78 is 20.6. The van der Waals surface area contributed by atoms with Crippen LogP contribution in [-0.2, 0) is 6.54 Å². The molecule has 1 saturated heterocycles. The third kappa shape index (κ3) is 3.80. The van der Waals surface area contributed by atoms with Crippen LogP contribution in [0.2, 0.25) is 0 Å². The topological polar surface area (TPSA) is 114 Å². The number of carbonyl (C=O) groups excluding carboxylic acids is 1. The Morgan fingerprint density at radius 2 is 1.88 bits per heavy atom. The van der Waals surface area contributed by atoms with Gasteiger partial charge in [-0.15, -0.1) is 0 Å². The summed E-state index contributed by atoms with van der Waals surface area (Å²) in [6.45, 7) is 1.21. The van der Waals surface area contributed by atoms with Crippen LogP contribution in [0.15, 0.2) is 48.8 Å². The molecule has 0 unspecified atom stereocenters. The van der Waals surface area contributed by atoms with Crippen molar-refractivity contribution in [3.8, 4) is 17.4 Å². The maximum absolute atomic E-state index is 13.3. The zero-order chi connectivity index (χ0) is 23.1. The van der Waals surface area contributed by atoms with Gasteiger partial charge in [0.25, 0.3) is 0 Å². The van der Waals surface area contributed by atoms with Crippen LogP contribution in [0.3, 0.4) is 0 Å². The van der Waals surface area contributed by atoms with Gasteiger partial charge >= 0.3 is 6.09 Å². The van der Waals surface area contributed by atoms with Crippen molar-refractivity contribution in [3.63, 3.8) is 0 Å². The molecule has 33 heavy (non-hydrogen) atoms. The number of nitrogens with two attached hydrogens (primary N) is 1. The van der Waals surface area contributed by atoms with Gasteiger partial charge in [0, 0.05) is 36.9 Å². The van der Waals surface area contributed by atoms with Gasteiger partial charge in [-0.3, -0.25) is 4.98 Å². The monoisotopic (exact) mass is 450 g/mol. The quantitative estimate of drug-likeness (QED) is 0.439. The summed E-state index contributed by atoms with van der Waals surface area (Å²) in [7, 11) is 0. The number of fused-ring (bicyclic) bond motifs is 2. The lowest BCUT2D eigenvalue weighted by molar-refractivity contribution is 0.140. The SMILES string of the molecule is NC1CCN(C(=O)Oc2c3cccnc3c(O)c3c(O)n(Cc4ccc(F)cc4)cc23)CC1. The molecule has 4 N–H and O–H groups in total. The van der Waals surface area contributed by atoms with E-state index in [2.05, 4.69) is 4.98 Å². The van der Waals surface area contributed by atoms with Gasteiger partial charge in [-0.25, -0.2) is 9.18 Å². The second-order valence-electron chi connectivity index (χ2n) is 8.27. The lowest BCUT2D eigenvalue weighted by atomic mass is 10.1. The van der Waals surface area contributed by atoms with Gasteiger partial charge in [-0.1, -0.05) is 12.1 Å². The first-order valence-corrected chi connectivity index (χ1v) is 10.7. The predicted octanol–water partition coefficient (Wildman–Crippen LogP) is 3.71. The third-order valence-corrected chi connectivity index (χ3v) is 6.06. The van der Waals surface area contributed by atoms with E-state index in [-0.39, 0.29) is 46.7 Å². The van der Waals surface area contributed by atoms with Crippen molar-refractivity contribution in [3.05, 3.63) is 60.2 Å². The number of benzene rings is 2. The molecule has 0 radical (unpaired) electrons. The molecule has 5 rings (SSSR count). The fourth-order valence-corrected chi connectivity index (χ4v) is 4.24. The Hall–Kier alpha value is -3.85. The molecule has 170 valence electrons. The van der Waals surface area contributed by atoms with E-state index in [1.54, 1.807) is 35.4 Å². The van der Waals surface area contributed by atoms with E-state index in [0.717, 1.165) is 5.56 Å². The molecule has 9 heteroatoms. The fourth-order valence-electron chi connectivity index (χ4n) is 4.24. The number of rotatable bonds is 3. The van der Waals surface area contributed by atoms with E-state index in [1.165, 1.54) is 22.9 Å². The Labute approximate surface area is 188 Å². The fraction of sp³-hybridized carbons (Fsp3) is 0.250. The average Bonchev–Trinajstić information content (AvgIpc) is 3.14. The number of ether oxygens (including phenoxy) is 1. The Balaban J connectivity index is 1.60. The van der Waals surface area contributed by atoms with Crippen LogP contribution in [0.5, 0.6) is 17.4 Å². The minimum atomic E-state index is -0.523. The Morgan fingerprint density at radius 3 is 2.61 bits per heavy atom. The standard InChI is InChI=1S/C24H23FN4O4/c25-15-5-3-14(4-6-15)12-29-13-18-19(23(29)31)21(30)20-17(2-1-9-27-20)22(18)33-24(32)28-10-7-16(26)8-11-28/h1-6,9,13,16,30-31H,7-8,10-12,26H2. The number of aromatic nitrogens is 2. The van der Waals surface area contributed by atoms with Gasteiger partial charge < -0.3 is 30.2 Å². The summed E-state index contributed by atoms with van der Waals surface area (Å²) in [5.41, 5.74) is 6.90. The van der Waals surface area contributed by atoms with E-state index >= 15 is 0 Å². The summed E-state index contributed by atoms with van der Waals surface area (Å²) in [5.74, 6) is -0.567. The van der Waals surface area contributed by atoms with Gasteiger partial charge in [-0.2, -0.15) is 0 Å². The molecular weight excluding hydrogens is 427 g/mol. The van der Waals surface area contributed by atoms with Crippen LogP contribution >= 0.6 is 0 Å². The Bertz CT molecular complexity index is 1340. The van der Waals surface area contributed by atoms with Gasteiger partial charge in [-0.05, 0) is 42.7 Å². The molecule has 2 aromatic carbocycles. The number of phenols is 1. The smallest absolute Gasteiger partial charge is 0.415 e. The van der Waals surface area contributed by atoms with E-state index in [9.17, 15) is 19.4 Å². The summed E-state index contributed by atoms with van der Waals surface area (Å²) >= 11 is 0. The molecule has 1 amide bonds. The first-order valence-electron chi connectivity index (χ1n) is 10.7. The summed E-state index contributed by atoms with van der Waals surface area (Å²) in [6, 6.07) is 9.34. The number of phenolic OH excluding ortho intramolecular Hbond substituents is 1. The maximum Gasteiger partial charge on any atom is 0.415 e. The lowest BCUT2D eigenvalue weighted by Crippen LogP contribution is -2.44. The van der Waals surface area contributed by atoms with Gasteiger partial charge in [0.15, 0.2) is 11.5 Å². The number of carbonyl (C=O) groups is 1. The van der Waals surface area contributed by atoms with E-state index < -0.39 is 6.09 Å². The third-order valence-electron chi connectivity index (χ3n) is 6.06. The van der Waals surface area contributed by atoms with Crippen LogP contribution in [0.25, 0.3) is 21.7 Å². The van der Waals surface area contributed by atoms with Crippen molar-refractivity contribution in [2.75, 3.05) is 13.1 Å². The van der Waals surface area contributed by atoms with Crippen LogP contribution in [0.1, 0.15) is 18.4 Å². The Kier molecular flexibility index (Phi) is 5.26. The number of likely N-dealkylation sites (tertiary alicyclic amines) is 1. The number of nitrogens with zero attached hydrogens (tertiary/aromatic N) is 3. The number of amides is 1. The normalized spacial score (nSPS) is 14.8. The number of aromatic hydroxyl groups is 2. The lowest BCUT2D eigenvalue weighted by Gasteiger charge is -2.29.